The fraction of sp³-hybridized carbons (Fsp3) is 0.409. The second-order valence-corrected chi connectivity index (χ2v) is 22.1. The van der Waals surface area contributed by atoms with E-state index in [1.807, 2.05) is 50.8 Å². The van der Waals surface area contributed by atoms with E-state index in [4.69, 9.17) is 4.74 Å². The second kappa shape index (κ2) is 21.2. The summed E-state index contributed by atoms with van der Waals surface area (Å²) in [5, 5.41) is 17.6. The van der Waals surface area contributed by atoms with Gasteiger partial charge in [0, 0.05) is 82.4 Å². The number of hydrogen-bond donors (Lipinski definition) is 4. The zero-order valence-corrected chi connectivity index (χ0v) is 44.3. The van der Waals surface area contributed by atoms with Crippen molar-refractivity contribution in [3.63, 3.8) is 0 Å². The molecule has 2 aliphatic heterocycles. The molecule has 70 heavy (non-hydrogen) atoms. The first-order valence-corrected chi connectivity index (χ1v) is 26.6. The van der Waals surface area contributed by atoms with E-state index in [0.29, 0.717) is 64.6 Å². The minimum absolute atomic E-state index is 0. The molecule has 380 valence electrons. The molecule has 4 aromatic carbocycles. The predicted octanol–water partition coefficient (Wildman–Crippen LogP) is 11.7. The maximum Gasteiger partial charge on any atom is 0.573 e. The third kappa shape index (κ3) is 12.8. The molecule has 0 radical (unpaired) electrons. The normalized spacial score (nSPS) is 14.8. The number of imidazole rings is 2. The number of rotatable bonds is 14. The molecular formula is C44H49Br2F3N10NiO8S2. The second-order valence-electron chi connectivity index (χ2n) is 17.7. The van der Waals surface area contributed by atoms with Crippen LogP contribution in [0.3, 0.4) is 0 Å². The molecule has 8 rings (SSSR count). The van der Waals surface area contributed by atoms with Gasteiger partial charge < -0.3 is 29.2 Å². The average Bonchev–Trinajstić information content (AvgIpc) is 3.98. The van der Waals surface area contributed by atoms with E-state index in [2.05, 4.69) is 95.7 Å². The third-order valence-electron chi connectivity index (χ3n) is 11.2. The van der Waals surface area contributed by atoms with Crippen LogP contribution in [0.4, 0.5) is 47.8 Å². The number of nitrogens with one attached hydrogen (secondary N) is 2. The quantitative estimate of drug-likeness (QED) is 0.0345. The van der Waals surface area contributed by atoms with Gasteiger partial charge in [0.15, 0.2) is 0 Å². The molecule has 0 saturated carbocycles. The number of aryl methyl sites for hydroxylation is 1. The number of fused-ring (bicyclic) bond motifs is 2. The first-order chi connectivity index (χ1) is 32.3. The summed E-state index contributed by atoms with van der Waals surface area (Å²) in [6.45, 7) is 14.9. The van der Waals surface area contributed by atoms with Crippen molar-refractivity contribution in [3.8, 4) is 11.5 Å². The van der Waals surface area contributed by atoms with Crippen molar-refractivity contribution in [3.05, 3.63) is 71.3 Å². The van der Waals surface area contributed by atoms with Crippen LogP contribution in [-0.4, -0.2) is 94.7 Å². The number of halogens is 5. The number of anilines is 2. The van der Waals surface area contributed by atoms with Crippen molar-refractivity contribution in [2.24, 2.45) is 20.5 Å². The van der Waals surface area contributed by atoms with Crippen LogP contribution in [0.5, 0.6) is 11.5 Å². The molecule has 0 amide bonds. The van der Waals surface area contributed by atoms with E-state index in [0.717, 1.165) is 54.0 Å². The number of hydrogen-bond acceptors (Lipinski definition) is 14. The number of azo groups is 2. The summed E-state index contributed by atoms with van der Waals surface area (Å²) in [5.74, 6) is 0.419. The van der Waals surface area contributed by atoms with Gasteiger partial charge in [0.1, 0.15) is 38.3 Å². The number of H-pyrrole nitrogens is 2. The number of nitrogens with zero attached hydrogens (tertiary/aromatic N) is 8. The molecule has 26 heteroatoms. The number of aromatic amines is 2. The molecule has 0 spiro atoms. The number of aromatic nitrogens is 4. The summed E-state index contributed by atoms with van der Waals surface area (Å²) in [6, 6.07) is 13.6. The van der Waals surface area contributed by atoms with Crippen LogP contribution in [0, 0.1) is 0 Å². The third-order valence-corrected chi connectivity index (χ3v) is 13.7. The fourth-order valence-electron chi connectivity index (χ4n) is 8.18. The van der Waals surface area contributed by atoms with E-state index >= 15 is 0 Å². The Hall–Kier alpha value is -4.72. The van der Waals surface area contributed by atoms with Crippen LogP contribution in [-0.2, 0) is 55.0 Å². The Morgan fingerprint density at radius 1 is 0.800 bits per heavy atom. The largest absolute Gasteiger partial charge is 0.573 e. The summed E-state index contributed by atoms with van der Waals surface area (Å²) in [7, 11) is -9.15. The Kier molecular flexibility index (Phi) is 16.5. The molecule has 6 aromatic rings. The molecular weight excluding hydrogens is 1140 g/mol. The van der Waals surface area contributed by atoms with E-state index in [1.54, 1.807) is 6.07 Å². The van der Waals surface area contributed by atoms with E-state index in [-0.39, 0.29) is 61.2 Å². The summed E-state index contributed by atoms with van der Waals surface area (Å²) >= 11 is 6.78. The zero-order chi connectivity index (χ0) is 50.3. The number of alkyl halides is 5. The molecule has 18 nitrogen and oxygen atoms in total. The summed E-state index contributed by atoms with van der Waals surface area (Å²) in [4.78, 5) is 17.9. The Bertz CT molecular complexity index is 3200. The first kappa shape index (κ1) is 54.6. The van der Waals surface area contributed by atoms with Crippen molar-refractivity contribution in [1.29, 1.82) is 0 Å². The maximum atomic E-state index is 12.5. The van der Waals surface area contributed by atoms with Crippen molar-refractivity contribution >= 4 is 109 Å². The minimum Gasteiger partial charge on any atom is -0.488 e. The molecule has 2 aromatic heterocycles. The van der Waals surface area contributed by atoms with E-state index in [1.165, 1.54) is 18.2 Å². The first-order valence-electron chi connectivity index (χ1n) is 21.5. The molecule has 0 atom stereocenters. The molecule has 0 saturated heterocycles. The smallest absolute Gasteiger partial charge is 0.488 e. The monoisotopic (exact) mass is 1180 g/mol. The van der Waals surface area contributed by atoms with Gasteiger partial charge in [-0.1, -0.05) is 52.6 Å². The van der Waals surface area contributed by atoms with Gasteiger partial charge in [-0.25, -0.2) is 9.97 Å². The van der Waals surface area contributed by atoms with Crippen LogP contribution in [0.2, 0.25) is 0 Å². The van der Waals surface area contributed by atoms with Gasteiger partial charge in [-0.05, 0) is 99.0 Å². The SMILES string of the molecule is CC(C)(C)Oc1ccc2nc(N=Nc3cc4c5c(c3S(=O)(=O)O)CCN5CCC4(C)C)[nH]c2c1.CCc1cc(N=Nc2nc3ccc(OC(F)(F)F)cc3[nH]2)c(S(=O)(=O)O)cc1N(CCBr)CCBr.[Ni]. The molecule has 0 unspecified atom stereocenters. The number of benzene rings is 4. The van der Waals surface area contributed by atoms with Gasteiger partial charge in [-0.3, -0.25) is 9.11 Å². The average molecular weight is 1190 g/mol. The molecule has 0 bridgehead atoms. The molecule has 2 aliphatic rings. The van der Waals surface area contributed by atoms with Crippen LogP contribution in [0.15, 0.2) is 84.8 Å². The molecule has 4 N–H and O–H groups in total. The van der Waals surface area contributed by atoms with Crippen LogP contribution >= 0.6 is 31.9 Å². The molecule has 4 heterocycles. The maximum absolute atomic E-state index is 12.5. The summed E-state index contributed by atoms with van der Waals surface area (Å²) in [6.07, 6.45) is -2.80. The van der Waals surface area contributed by atoms with Crippen LogP contribution in [0.25, 0.3) is 22.1 Å². The Morgan fingerprint density at radius 2 is 1.36 bits per heavy atom. The van der Waals surface area contributed by atoms with Gasteiger partial charge in [-0.2, -0.15) is 16.8 Å². The van der Waals surface area contributed by atoms with Crippen molar-refractivity contribution < 1.29 is 65.1 Å². The summed E-state index contributed by atoms with van der Waals surface area (Å²) in [5.41, 5.74) is 5.46. The predicted molar refractivity (Wildman–Crippen MR) is 263 cm³/mol. The van der Waals surface area contributed by atoms with Crippen LogP contribution in [0.1, 0.15) is 64.7 Å². The molecule has 0 fully saturated rings. The fourth-order valence-corrected chi connectivity index (χ4v) is 10.5. The Balaban J connectivity index is 0.000000226. The minimum atomic E-state index is -4.84. The van der Waals surface area contributed by atoms with Gasteiger partial charge in [-0.15, -0.1) is 33.6 Å². The topological polar surface area (TPSA) is 240 Å². The van der Waals surface area contributed by atoms with Crippen molar-refractivity contribution in [2.75, 3.05) is 46.6 Å². The van der Waals surface area contributed by atoms with Crippen molar-refractivity contribution in [1.82, 2.24) is 19.9 Å². The standard InChI is InChI=1S/C24H29N5O4S.C20H20Br2F3N5O4S.Ni/c1-23(2,3)33-14-6-7-17-18(12-14)26-22(25-17)28-27-19-13-16-20-15(21(19)34(30,31)32)8-10-29(20)11-9-24(16,4)5;1-2-12-9-16(18(35(31,32)33)11-17(12)30(7-5-21)8-6-22)28-29-19-26-14-4-3-13(10-15(14)27-19)34-20(23,24)25;/h6-7,12-13H,8-11H2,1-5H3,(H,25,26)(H,30,31,32);3-4,9-11H,2,5-8H2,1H3,(H,26,27)(H,31,32,33);. The van der Waals surface area contributed by atoms with Gasteiger partial charge >= 0.3 is 6.36 Å². The van der Waals surface area contributed by atoms with E-state index < -0.39 is 37.2 Å². The summed E-state index contributed by atoms with van der Waals surface area (Å²) < 4.78 is 116. The van der Waals surface area contributed by atoms with Gasteiger partial charge in [0.2, 0.25) is 11.9 Å². The number of ether oxygens (including phenoxy) is 2. The molecule has 0 aliphatic carbocycles. The Labute approximate surface area is 429 Å². The Morgan fingerprint density at radius 3 is 1.86 bits per heavy atom. The van der Waals surface area contributed by atoms with Crippen molar-refractivity contribution in [2.45, 2.75) is 88.0 Å². The zero-order valence-electron chi connectivity index (χ0n) is 38.5. The van der Waals surface area contributed by atoms with Gasteiger partial charge in [0.25, 0.3) is 20.2 Å². The van der Waals surface area contributed by atoms with Crippen LogP contribution < -0.4 is 19.3 Å². The van der Waals surface area contributed by atoms with Gasteiger partial charge in [0.05, 0.1) is 22.1 Å². The van der Waals surface area contributed by atoms with E-state index in [9.17, 15) is 39.1 Å².